The maximum absolute atomic E-state index is 11.0. The van der Waals surface area contributed by atoms with Gasteiger partial charge in [0.2, 0.25) is 0 Å². The summed E-state index contributed by atoms with van der Waals surface area (Å²) in [4.78, 5) is 11.0. The van der Waals surface area contributed by atoms with Crippen molar-refractivity contribution in [3.05, 3.63) is 24.3 Å². The lowest BCUT2D eigenvalue weighted by molar-refractivity contribution is -0.140. The molecule has 0 atom stereocenters. The molecule has 0 bridgehead atoms. The van der Waals surface area contributed by atoms with Crippen LogP contribution in [0.4, 0.5) is 11.4 Å². The quantitative estimate of drug-likeness (QED) is 0.610. The molecule has 0 aliphatic carbocycles. The Morgan fingerprint density at radius 2 is 2.00 bits per heavy atom. The first-order valence-electron chi connectivity index (χ1n) is 4.47. The third-order valence-electron chi connectivity index (χ3n) is 1.65. The molecule has 0 aliphatic heterocycles. The maximum atomic E-state index is 11.0. The van der Waals surface area contributed by atoms with Crippen LogP contribution in [0.1, 0.15) is 6.92 Å². The number of nitrogens with one attached hydrogen (secondary N) is 1. The zero-order valence-electron chi connectivity index (χ0n) is 8.53. The molecule has 1 aromatic rings. The lowest BCUT2D eigenvalue weighted by Crippen LogP contribution is -2.16. The minimum atomic E-state index is -0.260. The van der Waals surface area contributed by atoms with Gasteiger partial charge >= 0.3 is 5.97 Å². The second-order valence-corrected chi connectivity index (χ2v) is 2.78. The summed E-state index contributed by atoms with van der Waals surface area (Å²) >= 11 is 0. The number of anilines is 2. The number of nitrogens with two attached hydrogens (primary N) is 1. The van der Waals surface area contributed by atoms with E-state index in [0.29, 0.717) is 12.3 Å². The van der Waals surface area contributed by atoms with E-state index in [2.05, 4.69) is 5.32 Å². The van der Waals surface area contributed by atoms with Crippen molar-refractivity contribution >= 4 is 29.8 Å². The van der Waals surface area contributed by atoms with Crippen molar-refractivity contribution < 1.29 is 9.53 Å². The Labute approximate surface area is 95.2 Å². The third-order valence-corrected chi connectivity index (χ3v) is 1.65. The molecule has 0 saturated heterocycles. The van der Waals surface area contributed by atoms with Crippen LogP contribution in [0.2, 0.25) is 0 Å². The predicted octanol–water partition coefficient (Wildman–Crippen LogP) is 1.67. The fourth-order valence-electron chi connectivity index (χ4n) is 0.987. The summed E-state index contributed by atoms with van der Waals surface area (Å²) in [5.74, 6) is -0.260. The van der Waals surface area contributed by atoms with Crippen LogP contribution in [-0.4, -0.2) is 19.1 Å². The smallest absolute Gasteiger partial charge is 0.325 e. The number of carbonyl (C=O) groups is 1. The van der Waals surface area contributed by atoms with E-state index in [0.717, 1.165) is 5.69 Å². The van der Waals surface area contributed by atoms with E-state index in [-0.39, 0.29) is 24.9 Å². The first-order valence-corrected chi connectivity index (χ1v) is 4.47. The number of hydrogen-bond donors (Lipinski definition) is 2. The Morgan fingerprint density at radius 1 is 1.40 bits per heavy atom. The van der Waals surface area contributed by atoms with Gasteiger partial charge in [-0.15, -0.1) is 12.4 Å². The lowest BCUT2D eigenvalue weighted by atomic mass is 10.3. The molecular weight excluding hydrogens is 216 g/mol. The molecule has 84 valence electrons. The van der Waals surface area contributed by atoms with E-state index in [1.165, 1.54) is 0 Å². The highest BCUT2D eigenvalue weighted by Gasteiger charge is 2.00. The van der Waals surface area contributed by atoms with Crippen LogP contribution in [0.3, 0.4) is 0 Å². The van der Waals surface area contributed by atoms with E-state index in [1.54, 1.807) is 19.1 Å². The number of ether oxygens (including phenoxy) is 1. The Hall–Kier alpha value is -1.42. The van der Waals surface area contributed by atoms with Crippen LogP contribution in [0.5, 0.6) is 0 Å². The number of nitrogen functional groups attached to an aromatic ring is 1. The summed E-state index contributed by atoms with van der Waals surface area (Å²) in [5, 5.41) is 2.93. The van der Waals surface area contributed by atoms with Crippen molar-refractivity contribution in [1.29, 1.82) is 0 Å². The van der Waals surface area contributed by atoms with Crippen molar-refractivity contribution in [2.24, 2.45) is 0 Å². The average Bonchev–Trinajstić information content (AvgIpc) is 2.17. The molecule has 15 heavy (non-hydrogen) atoms. The van der Waals surface area contributed by atoms with Gasteiger partial charge in [0.05, 0.1) is 6.61 Å². The molecule has 0 aliphatic rings. The first-order chi connectivity index (χ1) is 6.72. The van der Waals surface area contributed by atoms with Crippen molar-refractivity contribution in [3.63, 3.8) is 0 Å². The Bertz CT molecular complexity index is 301. The lowest BCUT2D eigenvalue weighted by Gasteiger charge is -2.05. The molecular formula is C10H15ClN2O2. The third kappa shape index (κ3) is 5.12. The molecule has 0 radical (unpaired) electrons. The molecule has 0 amide bonds. The van der Waals surface area contributed by atoms with E-state index in [4.69, 9.17) is 10.5 Å². The van der Waals surface area contributed by atoms with Gasteiger partial charge in [0, 0.05) is 11.4 Å². The fourth-order valence-corrected chi connectivity index (χ4v) is 0.987. The first kappa shape index (κ1) is 13.6. The zero-order chi connectivity index (χ0) is 10.4. The number of carbonyl (C=O) groups excluding carboxylic acids is 1. The van der Waals surface area contributed by atoms with Gasteiger partial charge in [-0.2, -0.15) is 0 Å². The number of esters is 1. The highest BCUT2D eigenvalue weighted by molar-refractivity contribution is 5.85. The summed E-state index contributed by atoms with van der Waals surface area (Å²) in [6.45, 7) is 2.36. The summed E-state index contributed by atoms with van der Waals surface area (Å²) in [6, 6.07) is 7.17. The van der Waals surface area contributed by atoms with Crippen molar-refractivity contribution in [3.8, 4) is 0 Å². The van der Waals surface area contributed by atoms with Gasteiger partial charge in [-0.1, -0.05) is 0 Å². The Kier molecular flexibility index (Phi) is 6.29. The minimum absolute atomic E-state index is 0. The van der Waals surface area contributed by atoms with E-state index >= 15 is 0 Å². The Morgan fingerprint density at radius 3 is 2.53 bits per heavy atom. The van der Waals surface area contributed by atoms with Crippen LogP contribution >= 0.6 is 12.4 Å². The average molecular weight is 231 g/mol. The van der Waals surface area contributed by atoms with Crippen molar-refractivity contribution in [2.75, 3.05) is 24.2 Å². The second-order valence-electron chi connectivity index (χ2n) is 2.78. The van der Waals surface area contributed by atoms with Crippen molar-refractivity contribution in [1.82, 2.24) is 0 Å². The normalized spacial score (nSPS) is 8.87. The Balaban J connectivity index is 0.00000196. The van der Waals surface area contributed by atoms with E-state index < -0.39 is 0 Å². The van der Waals surface area contributed by atoms with Crippen LogP contribution in [0, 0.1) is 0 Å². The summed E-state index contributed by atoms with van der Waals surface area (Å²) in [7, 11) is 0. The molecule has 0 unspecified atom stereocenters. The van der Waals surface area contributed by atoms with E-state index in [1.807, 2.05) is 12.1 Å². The molecule has 1 aromatic carbocycles. The van der Waals surface area contributed by atoms with Gasteiger partial charge in [-0.25, -0.2) is 0 Å². The van der Waals surface area contributed by atoms with Crippen LogP contribution < -0.4 is 11.1 Å². The van der Waals surface area contributed by atoms with Crippen LogP contribution in [-0.2, 0) is 9.53 Å². The van der Waals surface area contributed by atoms with Gasteiger partial charge in [-0.3, -0.25) is 4.79 Å². The number of hydrogen-bond acceptors (Lipinski definition) is 4. The van der Waals surface area contributed by atoms with Gasteiger partial charge < -0.3 is 15.8 Å². The van der Waals surface area contributed by atoms with Gasteiger partial charge in [-0.05, 0) is 31.2 Å². The molecule has 0 aromatic heterocycles. The molecule has 3 N–H and O–H groups in total. The molecule has 1 rings (SSSR count). The summed E-state index contributed by atoms with van der Waals surface area (Å²) in [6.07, 6.45) is 0. The van der Waals surface area contributed by atoms with Gasteiger partial charge in [0.25, 0.3) is 0 Å². The van der Waals surface area contributed by atoms with E-state index in [9.17, 15) is 4.79 Å². The molecule has 0 fully saturated rings. The van der Waals surface area contributed by atoms with Gasteiger partial charge in [0.15, 0.2) is 0 Å². The van der Waals surface area contributed by atoms with Crippen LogP contribution in [0.15, 0.2) is 24.3 Å². The molecule has 0 spiro atoms. The highest BCUT2D eigenvalue weighted by Crippen LogP contribution is 2.09. The zero-order valence-corrected chi connectivity index (χ0v) is 9.34. The fraction of sp³-hybridized carbons (Fsp3) is 0.300. The monoisotopic (exact) mass is 230 g/mol. The molecule has 5 heteroatoms. The van der Waals surface area contributed by atoms with Crippen molar-refractivity contribution in [2.45, 2.75) is 6.92 Å². The predicted molar refractivity (Wildman–Crippen MR) is 63.2 cm³/mol. The molecule has 0 heterocycles. The maximum Gasteiger partial charge on any atom is 0.325 e. The summed E-state index contributed by atoms with van der Waals surface area (Å²) < 4.78 is 4.76. The SMILES string of the molecule is CCOC(=O)CNc1ccc(N)cc1.Cl. The number of halogens is 1. The largest absolute Gasteiger partial charge is 0.465 e. The summed E-state index contributed by atoms with van der Waals surface area (Å²) in [5.41, 5.74) is 7.07. The molecule has 4 nitrogen and oxygen atoms in total. The minimum Gasteiger partial charge on any atom is -0.465 e. The number of benzene rings is 1. The number of rotatable bonds is 4. The topological polar surface area (TPSA) is 64.3 Å². The second kappa shape index (κ2) is 6.95. The van der Waals surface area contributed by atoms with Crippen LogP contribution in [0.25, 0.3) is 0 Å². The van der Waals surface area contributed by atoms with Gasteiger partial charge in [0.1, 0.15) is 6.54 Å². The highest BCUT2D eigenvalue weighted by atomic mass is 35.5. The molecule has 0 saturated carbocycles. The standard InChI is InChI=1S/C10H14N2O2.ClH/c1-2-14-10(13)7-12-9-5-3-8(11)4-6-9;/h3-6,12H,2,7,11H2,1H3;1H.